The highest BCUT2D eigenvalue weighted by molar-refractivity contribution is 5.77. The largest absolute Gasteiger partial charge is 0.472 e. The molecule has 0 amide bonds. The fraction of sp³-hybridized carbons (Fsp3) is 0.222. The fourth-order valence-electron chi connectivity index (χ4n) is 2.74. The highest BCUT2D eigenvalue weighted by Crippen LogP contribution is 2.38. The lowest BCUT2D eigenvalue weighted by molar-refractivity contribution is 0.290. The van der Waals surface area contributed by atoms with E-state index in [1.807, 2.05) is 38.1 Å². The van der Waals surface area contributed by atoms with Crippen molar-refractivity contribution in [2.24, 2.45) is 0 Å². The Morgan fingerprint density at radius 2 is 1.91 bits per heavy atom. The highest BCUT2D eigenvalue weighted by Gasteiger charge is 2.20. The van der Waals surface area contributed by atoms with Crippen molar-refractivity contribution in [1.82, 2.24) is 9.97 Å². The standard InChI is InChI=1S/C18H17N3O2/c1-11-9-19-17(23-11)12-4-5-14-13(8-12)10-22-18-15(14)6-7-16(20-18)21(2)3/h4-9H,10H2,1-3H3. The monoisotopic (exact) mass is 307 g/mol. The molecule has 0 unspecified atom stereocenters. The number of oxazole rings is 1. The highest BCUT2D eigenvalue weighted by atomic mass is 16.5. The van der Waals surface area contributed by atoms with Crippen molar-refractivity contribution in [1.29, 1.82) is 0 Å². The number of rotatable bonds is 2. The topological polar surface area (TPSA) is 51.4 Å². The third-order valence-electron chi connectivity index (χ3n) is 3.93. The van der Waals surface area contributed by atoms with E-state index in [9.17, 15) is 0 Å². The Balaban J connectivity index is 1.77. The molecule has 5 heteroatoms. The molecule has 4 rings (SSSR count). The lowest BCUT2D eigenvalue weighted by Crippen LogP contribution is -2.13. The second-order valence-corrected chi connectivity index (χ2v) is 5.85. The van der Waals surface area contributed by atoms with E-state index in [0.29, 0.717) is 18.4 Å². The molecule has 0 atom stereocenters. The summed E-state index contributed by atoms with van der Waals surface area (Å²) in [5.41, 5.74) is 4.25. The second kappa shape index (κ2) is 5.12. The number of hydrogen-bond donors (Lipinski definition) is 0. The van der Waals surface area contributed by atoms with Gasteiger partial charge in [0.2, 0.25) is 11.8 Å². The van der Waals surface area contributed by atoms with Gasteiger partial charge in [0.05, 0.1) is 6.20 Å². The average Bonchev–Trinajstić information content (AvgIpc) is 3.00. The molecular formula is C18H17N3O2. The van der Waals surface area contributed by atoms with Gasteiger partial charge in [0.15, 0.2) is 0 Å². The zero-order valence-corrected chi connectivity index (χ0v) is 13.3. The van der Waals surface area contributed by atoms with Gasteiger partial charge in [-0.15, -0.1) is 0 Å². The normalized spacial score (nSPS) is 12.3. The quantitative estimate of drug-likeness (QED) is 0.723. The Morgan fingerprint density at radius 1 is 1.09 bits per heavy atom. The third-order valence-corrected chi connectivity index (χ3v) is 3.93. The van der Waals surface area contributed by atoms with Crippen LogP contribution in [0.1, 0.15) is 11.3 Å². The molecule has 1 aliphatic heterocycles. The van der Waals surface area contributed by atoms with Crippen LogP contribution in [0.5, 0.6) is 5.88 Å². The molecule has 0 spiro atoms. The van der Waals surface area contributed by atoms with E-state index in [-0.39, 0.29) is 0 Å². The van der Waals surface area contributed by atoms with E-state index < -0.39 is 0 Å². The first-order valence-corrected chi connectivity index (χ1v) is 7.49. The summed E-state index contributed by atoms with van der Waals surface area (Å²) in [7, 11) is 3.94. The van der Waals surface area contributed by atoms with E-state index in [0.717, 1.165) is 33.8 Å². The minimum absolute atomic E-state index is 0.500. The van der Waals surface area contributed by atoms with E-state index in [1.165, 1.54) is 0 Å². The third kappa shape index (κ3) is 2.34. The van der Waals surface area contributed by atoms with Crippen LogP contribution in [0.3, 0.4) is 0 Å². The first-order chi connectivity index (χ1) is 11.1. The molecule has 3 heterocycles. The Labute approximate surface area is 134 Å². The second-order valence-electron chi connectivity index (χ2n) is 5.85. The van der Waals surface area contributed by atoms with E-state index >= 15 is 0 Å². The van der Waals surface area contributed by atoms with E-state index in [4.69, 9.17) is 9.15 Å². The maximum Gasteiger partial charge on any atom is 0.226 e. The number of ether oxygens (including phenoxy) is 1. The van der Waals surface area contributed by atoms with Crippen molar-refractivity contribution in [3.8, 4) is 28.5 Å². The van der Waals surface area contributed by atoms with E-state index in [1.54, 1.807) is 6.20 Å². The minimum Gasteiger partial charge on any atom is -0.472 e. The number of pyridine rings is 1. The summed E-state index contributed by atoms with van der Waals surface area (Å²) in [4.78, 5) is 10.8. The summed E-state index contributed by atoms with van der Waals surface area (Å²) >= 11 is 0. The molecule has 116 valence electrons. The number of aromatic nitrogens is 2. The molecule has 0 aliphatic carbocycles. The van der Waals surface area contributed by atoms with Gasteiger partial charge in [-0.3, -0.25) is 0 Å². The molecule has 1 aliphatic rings. The predicted molar refractivity (Wildman–Crippen MR) is 88.6 cm³/mol. The Morgan fingerprint density at radius 3 is 2.65 bits per heavy atom. The van der Waals surface area contributed by atoms with Gasteiger partial charge in [0.25, 0.3) is 0 Å². The molecular weight excluding hydrogens is 290 g/mol. The van der Waals surface area contributed by atoms with Gasteiger partial charge in [-0.1, -0.05) is 6.07 Å². The van der Waals surface area contributed by atoms with Crippen molar-refractivity contribution >= 4 is 5.82 Å². The summed E-state index contributed by atoms with van der Waals surface area (Å²) < 4.78 is 11.5. The molecule has 1 aromatic carbocycles. The van der Waals surface area contributed by atoms with Gasteiger partial charge in [0.1, 0.15) is 18.2 Å². The van der Waals surface area contributed by atoms with Crippen molar-refractivity contribution < 1.29 is 9.15 Å². The van der Waals surface area contributed by atoms with Gasteiger partial charge in [-0.25, -0.2) is 4.98 Å². The molecule has 0 saturated carbocycles. The summed E-state index contributed by atoms with van der Waals surface area (Å²) in [6.07, 6.45) is 1.73. The van der Waals surface area contributed by atoms with Gasteiger partial charge < -0.3 is 14.1 Å². The molecule has 0 N–H and O–H groups in total. The van der Waals surface area contributed by atoms with Crippen molar-refractivity contribution in [2.45, 2.75) is 13.5 Å². The van der Waals surface area contributed by atoms with Crippen LogP contribution in [0.15, 0.2) is 40.9 Å². The molecule has 0 bridgehead atoms. The van der Waals surface area contributed by atoms with Gasteiger partial charge >= 0.3 is 0 Å². The van der Waals surface area contributed by atoms with Gasteiger partial charge in [0, 0.05) is 25.2 Å². The maximum absolute atomic E-state index is 5.85. The first-order valence-electron chi connectivity index (χ1n) is 7.49. The van der Waals surface area contributed by atoms with Crippen LogP contribution >= 0.6 is 0 Å². The van der Waals surface area contributed by atoms with Crippen molar-refractivity contribution in [3.05, 3.63) is 47.9 Å². The summed E-state index contributed by atoms with van der Waals surface area (Å²) in [6, 6.07) is 10.2. The summed E-state index contributed by atoms with van der Waals surface area (Å²) in [6.45, 7) is 2.39. The van der Waals surface area contributed by atoms with Crippen LogP contribution in [-0.4, -0.2) is 24.1 Å². The van der Waals surface area contributed by atoms with Crippen LogP contribution in [0, 0.1) is 6.92 Å². The molecule has 23 heavy (non-hydrogen) atoms. The number of fused-ring (bicyclic) bond motifs is 3. The molecule has 3 aromatic rings. The van der Waals surface area contributed by atoms with Crippen LogP contribution < -0.4 is 9.64 Å². The lowest BCUT2D eigenvalue weighted by atomic mass is 9.97. The average molecular weight is 307 g/mol. The van der Waals surface area contributed by atoms with Crippen molar-refractivity contribution in [2.75, 3.05) is 19.0 Å². The van der Waals surface area contributed by atoms with Gasteiger partial charge in [-0.2, -0.15) is 4.98 Å². The molecule has 0 saturated heterocycles. The first kappa shape index (κ1) is 13.8. The van der Waals surface area contributed by atoms with Crippen LogP contribution in [0.4, 0.5) is 5.82 Å². The SMILES string of the molecule is Cc1cnc(-c2ccc3c(c2)COc2nc(N(C)C)ccc2-3)o1. The molecule has 5 nitrogen and oxygen atoms in total. The number of nitrogens with zero attached hydrogens (tertiary/aromatic N) is 3. The summed E-state index contributed by atoms with van der Waals surface area (Å²) in [5.74, 6) is 3.01. The molecule has 0 fully saturated rings. The number of benzene rings is 1. The fourth-order valence-corrected chi connectivity index (χ4v) is 2.74. The maximum atomic E-state index is 5.85. The van der Waals surface area contributed by atoms with Crippen LogP contribution in [0.2, 0.25) is 0 Å². The number of anilines is 1. The predicted octanol–water partition coefficient (Wildman–Crippen LogP) is 3.67. The van der Waals surface area contributed by atoms with Crippen molar-refractivity contribution in [3.63, 3.8) is 0 Å². The minimum atomic E-state index is 0.500. The van der Waals surface area contributed by atoms with Crippen LogP contribution in [0.25, 0.3) is 22.6 Å². The van der Waals surface area contributed by atoms with Crippen LogP contribution in [-0.2, 0) is 6.61 Å². The van der Waals surface area contributed by atoms with E-state index in [2.05, 4.69) is 28.2 Å². The molecule has 2 aromatic heterocycles. The zero-order chi connectivity index (χ0) is 16.0. The number of hydrogen-bond acceptors (Lipinski definition) is 5. The lowest BCUT2D eigenvalue weighted by Gasteiger charge is -2.22. The summed E-state index contributed by atoms with van der Waals surface area (Å²) in [5, 5.41) is 0. The Hall–Kier alpha value is -2.82. The smallest absolute Gasteiger partial charge is 0.226 e. The Kier molecular flexibility index (Phi) is 3.08. The number of aryl methyl sites for hydroxylation is 1. The molecule has 0 radical (unpaired) electrons. The van der Waals surface area contributed by atoms with Gasteiger partial charge in [-0.05, 0) is 42.3 Å². The zero-order valence-electron chi connectivity index (χ0n) is 13.3. The Bertz CT molecular complexity index is 884.